The molecule has 1 aliphatic heterocycles. The maximum atomic E-state index is 12.5. The van der Waals surface area contributed by atoms with Crippen LogP contribution in [-0.4, -0.2) is 58.5 Å². The van der Waals surface area contributed by atoms with Gasteiger partial charge in [0.25, 0.3) is 0 Å². The standard InChI is InChI=1S/C18H24ClN3O4/c1-12-5-6-14(10-16(12)19)20-18(26)21-8-3-4-15(7-9-21)22(13(2)23)11-17(24)25/h5-6,10,15H,3-4,7-9,11H2,1-2H3,(H,20,26)(H,24,25). The van der Waals surface area contributed by atoms with Gasteiger partial charge >= 0.3 is 12.0 Å². The maximum Gasteiger partial charge on any atom is 0.323 e. The van der Waals surface area contributed by atoms with E-state index in [4.69, 9.17) is 16.7 Å². The Hall–Kier alpha value is -2.28. The molecule has 0 aromatic heterocycles. The molecule has 1 aromatic carbocycles. The quantitative estimate of drug-likeness (QED) is 0.838. The molecule has 7 nitrogen and oxygen atoms in total. The molecule has 8 heteroatoms. The van der Waals surface area contributed by atoms with Gasteiger partial charge in [-0.15, -0.1) is 0 Å². The van der Waals surface area contributed by atoms with E-state index in [-0.39, 0.29) is 24.5 Å². The van der Waals surface area contributed by atoms with Crippen LogP contribution in [0.5, 0.6) is 0 Å². The van der Waals surface area contributed by atoms with E-state index in [9.17, 15) is 14.4 Å². The first-order chi connectivity index (χ1) is 12.3. The number of anilines is 1. The van der Waals surface area contributed by atoms with Crippen LogP contribution in [0.4, 0.5) is 10.5 Å². The normalized spacial score (nSPS) is 17.3. The Bertz CT molecular complexity index is 695. The Morgan fingerprint density at radius 3 is 2.65 bits per heavy atom. The zero-order valence-corrected chi connectivity index (χ0v) is 15.8. The molecule has 142 valence electrons. The molecule has 1 heterocycles. The minimum atomic E-state index is -1.03. The van der Waals surface area contributed by atoms with E-state index in [0.29, 0.717) is 43.1 Å². The van der Waals surface area contributed by atoms with E-state index in [1.807, 2.05) is 13.0 Å². The summed E-state index contributed by atoms with van der Waals surface area (Å²) in [5, 5.41) is 12.4. The summed E-state index contributed by atoms with van der Waals surface area (Å²) in [6.45, 7) is 3.97. The highest BCUT2D eigenvalue weighted by Crippen LogP contribution is 2.21. The van der Waals surface area contributed by atoms with Crippen LogP contribution in [0.15, 0.2) is 18.2 Å². The molecular formula is C18H24ClN3O4. The number of nitrogens with one attached hydrogen (secondary N) is 1. The lowest BCUT2D eigenvalue weighted by molar-refractivity contribution is -0.145. The topological polar surface area (TPSA) is 90.0 Å². The SMILES string of the molecule is CC(=O)N(CC(=O)O)C1CCCN(C(=O)Nc2ccc(C)c(Cl)c2)CC1. The molecule has 2 rings (SSSR count). The Balaban J connectivity index is 1.98. The van der Waals surface area contributed by atoms with Crippen molar-refractivity contribution in [3.63, 3.8) is 0 Å². The third-order valence-corrected chi connectivity index (χ3v) is 4.97. The Labute approximate surface area is 157 Å². The number of nitrogens with zero attached hydrogens (tertiary/aromatic N) is 2. The number of urea groups is 1. The van der Waals surface area contributed by atoms with Crippen LogP contribution < -0.4 is 5.32 Å². The van der Waals surface area contributed by atoms with Crippen molar-refractivity contribution in [3.05, 3.63) is 28.8 Å². The zero-order chi connectivity index (χ0) is 19.3. The third-order valence-electron chi connectivity index (χ3n) is 4.56. The summed E-state index contributed by atoms with van der Waals surface area (Å²) in [5.41, 5.74) is 1.56. The molecule has 3 amide bonds. The number of hydrogen-bond donors (Lipinski definition) is 2. The molecule has 2 N–H and O–H groups in total. The lowest BCUT2D eigenvalue weighted by atomic mass is 10.1. The second kappa shape index (κ2) is 8.89. The number of aliphatic carboxylic acids is 1. The van der Waals surface area contributed by atoms with Gasteiger partial charge in [0.1, 0.15) is 6.54 Å². The number of likely N-dealkylation sites (tertiary alicyclic amines) is 1. The van der Waals surface area contributed by atoms with Crippen molar-refractivity contribution in [1.82, 2.24) is 9.80 Å². The van der Waals surface area contributed by atoms with Crippen molar-refractivity contribution in [1.29, 1.82) is 0 Å². The first-order valence-electron chi connectivity index (χ1n) is 8.59. The molecule has 26 heavy (non-hydrogen) atoms. The molecule has 1 aliphatic rings. The molecule has 0 bridgehead atoms. The van der Waals surface area contributed by atoms with Gasteiger partial charge in [-0.1, -0.05) is 17.7 Å². The van der Waals surface area contributed by atoms with Crippen LogP contribution in [0.2, 0.25) is 5.02 Å². The fraction of sp³-hybridized carbons (Fsp3) is 0.500. The minimum absolute atomic E-state index is 0.171. The van der Waals surface area contributed by atoms with Crippen LogP contribution >= 0.6 is 11.6 Å². The Morgan fingerprint density at radius 1 is 1.31 bits per heavy atom. The second-order valence-corrected chi connectivity index (χ2v) is 6.91. The first-order valence-corrected chi connectivity index (χ1v) is 8.97. The zero-order valence-electron chi connectivity index (χ0n) is 15.0. The van der Waals surface area contributed by atoms with E-state index in [0.717, 1.165) is 5.56 Å². The Morgan fingerprint density at radius 2 is 2.04 bits per heavy atom. The summed E-state index contributed by atoms with van der Waals surface area (Å²) in [7, 11) is 0. The molecule has 0 saturated carbocycles. The number of hydrogen-bond acceptors (Lipinski definition) is 3. The van der Waals surface area contributed by atoms with Gasteiger partial charge < -0.3 is 20.2 Å². The summed E-state index contributed by atoms with van der Waals surface area (Å²) in [6.07, 6.45) is 1.93. The van der Waals surface area contributed by atoms with Crippen LogP contribution in [0.3, 0.4) is 0 Å². The molecule has 0 radical (unpaired) electrons. The average Bonchev–Trinajstić information content (AvgIpc) is 2.81. The number of aryl methyl sites for hydroxylation is 1. The number of benzene rings is 1. The smallest absolute Gasteiger partial charge is 0.323 e. The van der Waals surface area contributed by atoms with Crippen molar-refractivity contribution in [2.24, 2.45) is 0 Å². The lowest BCUT2D eigenvalue weighted by Gasteiger charge is -2.28. The largest absolute Gasteiger partial charge is 0.480 e. The van der Waals surface area contributed by atoms with E-state index >= 15 is 0 Å². The highest BCUT2D eigenvalue weighted by atomic mass is 35.5. The Kier molecular flexibility index (Phi) is 6.85. The fourth-order valence-electron chi connectivity index (χ4n) is 3.11. The van der Waals surface area contributed by atoms with E-state index < -0.39 is 5.97 Å². The third kappa shape index (κ3) is 5.36. The fourth-order valence-corrected chi connectivity index (χ4v) is 3.29. The molecule has 1 unspecified atom stereocenters. The van der Waals surface area contributed by atoms with Crippen LogP contribution in [-0.2, 0) is 9.59 Å². The summed E-state index contributed by atoms with van der Waals surface area (Å²) in [6, 6.07) is 4.95. The van der Waals surface area contributed by atoms with Crippen molar-refractivity contribution in [2.45, 2.75) is 39.2 Å². The molecule has 0 spiro atoms. The van der Waals surface area contributed by atoms with Crippen LogP contribution in [0.25, 0.3) is 0 Å². The number of amides is 3. The molecular weight excluding hydrogens is 358 g/mol. The molecule has 1 atom stereocenters. The predicted molar refractivity (Wildman–Crippen MR) is 99.4 cm³/mol. The van der Waals surface area contributed by atoms with Gasteiger partial charge in [-0.2, -0.15) is 0 Å². The predicted octanol–water partition coefficient (Wildman–Crippen LogP) is 2.97. The first kappa shape index (κ1) is 20.0. The van der Waals surface area contributed by atoms with E-state index in [1.54, 1.807) is 17.0 Å². The van der Waals surface area contributed by atoms with Gasteiger partial charge in [0, 0.05) is 36.8 Å². The number of carboxylic acids is 1. The summed E-state index contributed by atoms with van der Waals surface area (Å²) >= 11 is 6.08. The highest BCUT2D eigenvalue weighted by molar-refractivity contribution is 6.31. The molecule has 1 fully saturated rings. The number of carbonyl (C=O) groups is 3. The summed E-state index contributed by atoms with van der Waals surface area (Å²) in [4.78, 5) is 38.3. The van der Waals surface area contributed by atoms with Gasteiger partial charge in [0.05, 0.1) is 0 Å². The van der Waals surface area contributed by atoms with E-state index in [2.05, 4.69) is 5.32 Å². The second-order valence-electron chi connectivity index (χ2n) is 6.51. The van der Waals surface area contributed by atoms with Gasteiger partial charge in [-0.25, -0.2) is 4.79 Å². The number of carboxylic acid groups (broad SMARTS) is 1. The molecule has 1 aromatic rings. The minimum Gasteiger partial charge on any atom is -0.480 e. The van der Waals surface area contributed by atoms with Crippen molar-refractivity contribution >= 4 is 35.2 Å². The van der Waals surface area contributed by atoms with Crippen molar-refractivity contribution in [3.8, 4) is 0 Å². The van der Waals surface area contributed by atoms with Gasteiger partial charge in [0.15, 0.2) is 0 Å². The highest BCUT2D eigenvalue weighted by Gasteiger charge is 2.27. The van der Waals surface area contributed by atoms with Gasteiger partial charge in [-0.05, 0) is 43.9 Å². The monoisotopic (exact) mass is 381 g/mol. The molecule has 0 aliphatic carbocycles. The number of rotatable bonds is 4. The van der Waals surface area contributed by atoms with E-state index in [1.165, 1.54) is 11.8 Å². The van der Waals surface area contributed by atoms with Crippen LogP contribution in [0.1, 0.15) is 31.7 Å². The van der Waals surface area contributed by atoms with Gasteiger partial charge in [0.2, 0.25) is 5.91 Å². The lowest BCUT2D eigenvalue weighted by Crippen LogP contribution is -2.43. The maximum absolute atomic E-state index is 12.5. The van der Waals surface area contributed by atoms with Crippen molar-refractivity contribution in [2.75, 3.05) is 25.0 Å². The average molecular weight is 382 g/mol. The summed E-state index contributed by atoms with van der Waals surface area (Å²) < 4.78 is 0. The van der Waals surface area contributed by atoms with Crippen molar-refractivity contribution < 1.29 is 19.5 Å². The van der Waals surface area contributed by atoms with Crippen LogP contribution in [0, 0.1) is 6.92 Å². The molecule has 1 saturated heterocycles. The summed E-state index contributed by atoms with van der Waals surface area (Å²) in [5.74, 6) is -1.29. The number of halogens is 1. The number of carbonyl (C=O) groups excluding carboxylic acids is 2. The van der Waals surface area contributed by atoms with Gasteiger partial charge in [-0.3, -0.25) is 9.59 Å².